The van der Waals surface area contributed by atoms with Gasteiger partial charge in [0.1, 0.15) is 5.82 Å². The molecule has 0 spiro atoms. The highest BCUT2D eigenvalue weighted by Crippen LogP contribution is 2.20. The standard InChI is InChI=1S/C16H13BrN2O.ClH/c1-10-9-12(17)7-8-15(10)19-11(2)18-14-6-4-3-5-13(14)16(19)20;/h3-9H,1-2H3;1H. The molecule has 1 aromatic heterocycles. The summed E-state index contributed by atoms with van der Waals surface area (Å²) in [5, 5.41) is 0.639. The number of aryl methyl sites for hydroxylation is 2. The molecule has 5 heteroatoms. The van der Waals surface area contributed by atoms with Gasteiger partial charge in [0, 0.05) is 4.47 Å². The third kappa shape index (κ3) is 2.74. The minimum Gasteiger partial charge on any atom is -0.268 e. The Morgan fingerprint density at radius 1 is 1.10 bits per heavy atom. The lowest BCUT2D eigenvalue weighted by molar-refractivity contribution is 0.887. The zero-order valence-corrected chi connectivity index (χ0v) is 14.0. The first-order valence-corrected chi connectivity index (χ1v) is 7.12. The van der Waals surface area contributed by atoms with Crippen molar-refractivity contribution in [3.05, 3.63) is 68.7 Å². The van der Waals surface area contributed by atoms with Crippen molar-refractivity contribution in [1.29, 1.82) is 0 Å². The summed E-state index contributed by atoms with van der Waals surface area (Å²) in [7, 11) is 0. The van der Waals surface area contributed by atoms with Crippen LogP contribution in [0.2, 0.25) is 0 Å². The molecule has 0 radical (unpaired) electrons. The second-order valence-corrected chi connectivity index (χ2v) is 5.66. The van der Waals surface area contributed by atoms with Crippen molar-refractivity contribution in [2.75, 3.05) is 0 Å². The molecule has 0 aliphatic heterocycles. The van der Waals surface area contributed by atoms with Crippen LogP contribution < -0.4 is 5.56 Å². The van der Waals surface area contributed by atoms with E-state index in [0.29, 0.717) is 11.2 Å². The van der Waals surface area contributed by atoms with E-state index < -0.39 is 0 Å². The van der Waals surface area contributed by atoms with Crippen molar-refractivity contribution in [2.24, 2.45) is 0 Å². The monoisotopic (exact) mass is 364 g/mol. The number of para-hydroxylation sites is 1. The molecule has 1 heterocycles. The number of fused-ring (bicyclic) bond motifs is 1. The molecule has 0 unspecified atom stereocenters. The van der Waals surface area contributed by atoms with Crippen LogP contribution in [0.4, 0.5) is 0 Å². The molecule has 0 aliphatic carbocycles. The number of hydrogen-bond donors (Lipinski definition) is 0. The van der Waals surface area contributed by atoms with Crippen LogP contribution in [-0.2, 0) is 0 Å². The first kappa shape index (κ1) is 15.7. The Bertz CT molecular complexity index is 874. The summed E-state index contributed by atoms with van der Waals surface area (Å²) in [6, 6.07) is 13.3. The van der Waals surface area contributed by atoms with E-state index in [9.17, 15) is 4.79 Å². The Hall–Kier alpha value is -1.65. The molecule has 108 valence electrons. The number of rotatable bonds is 1. The fourth-order valence-corrected chi connectivity index (χ4v) is 2.87. The van der Waals surface area contributed by atoms with E-state index in [1.54, 1.807) is 4.57 Å². The zero-order chi connectivity index (χ0) is 14.3. The van der Waals surface area contributed by atoms with Crippen LogP contribution in [0, 0.1) is 13.8 Å². The lowest BCUT2D eigenvalue weighted by atomic mass is 10.2. The highest BCUT2D eigenvalue weighted by molar-refractivity contribution is 9.10. The largest absolute Gasteiger partial charge is 0.268 e. The summed E-state index contributed by atoms with van der Waals surface area (Å²) in [6.07, 6.45) is 0. The summed E-state index contributed by atoms with van der Waals surface area (Å²) in [6.45, 7) is 3.84. The van der Waals surface area contributed by atoms with E-state index in [1.165, 1.54) is 0 Å². The lowest BCUT2D eigenvalue weighted by Gasteiger charge is -2.13. The van der Waals surface area contributed by atoms with Crippen LogP contribution in [0.15, 0.2) is 51.7 Å². The minimum atomic E-state index is -0.0291. The molecule has 0 N–H and O–H groups in total. The maximum Gasteiger partial charge on any atom is 0.265 e. The average Bonchev–Trinajstić information content (AvgIpc) is 2.41. The summed E-state index contributed by atoms with van der Waals surface area (Å²) >= 11 is 3.44. The normalized spacial score (nSPS) is 10.4. The fraction of sp³-hybridized carbons (Fsp3) is 0.125. The van der Waals surface area contributed by atoms with Gasteiger partial charge in [-0.1, -0.05) is 28.1 Å². The molecular weight excluding hydrogens is 352 g/mol. The molecule has 0 atom stereocenters. The molecule has 3 rings (SSSR count). The number of benzene rings is 2. The second-order valence-electron chi connectivity index (χ2n) is 4.75. The third-order valence-electron chi connectivity index (χ3n) is 3.34. The van der Waals surface area contributed by atoms with E-state index in [2.05, 4.69) is 20.9 Å². The molecule has 0 saturated carbocycles. The lowest BCUT2D eigenvalue weighted by Crippen LogP contribution is -2.22. The minimum absolute atomic E-state index is 0. The number of halogens is 2. The first-order valence-electron chi connectivity index (χ1n) is 6.33. The average molecular weight is 366 g/mol. The number of aromatic nitrogens is 2. The summed E-state index contributed by atoms with van der Waals surface area (Å²) < 4.78 is 2.67. The molecule has 3 aromatic rings. The van der Waals surface area contributed by atoms with Crippen molar-refractivity contribution in [3.8, 4) is 5.69 Å². The van der Waals surface area contributed by atoms with E-state index in [0.717, 1.165) is 21.2 Å². The Labute approximate surface area is 137 Å². The molecular formula is C16H14BrClN2O. The van der Waals surface area contributed by atoms with Crippen LogP contribution in [0.1, 0.15) is 11.4 Å². The van der Waals surface area contributed by atoms with Crippen molar-refractivity contribution < 1.29 is 0 Å². The number of hydrogen-bond acceptors (Lipinski definition) is 2. The van der Waals surface area contributed by atoms with Gasteiger partial charge in [0.25, 0.3) is 5.56 Å². The predicted octanol–water partition coefficient (Wildman–Crippen LogP) is 4.19. The molecule has 0 fully saturated rings. The highest BCUT2D eigenvalue weighted by Gasteiger charge is 2.11. The SMILES string of the molecule is Cc1cc(Br)ccc1-n1c(C)nc2ccccc2c1=O.Cl. The van der Waals surface area contributed by atoms with Gasteiger partial charge in [-0.15, -0.1) is 12.4 Å². The molecule has 0 bridgehead atoms. The number of nitrogens with zero attached hydrogens (tertiary/aromatic N) is 2. The van der Waals surface area contributed by atoms with Crippen LogP contribution >= 0.6 is 28.3 Å². The van der Waals surface area contributed by atoms with Crippen LogP contribution in [0.25, 0.3) is 16.6 Å². The van der Waals surface area contributed by atoms with Gasteiger partial charge in [-0.2, -0.15) is 0 Å². The third-order valence-corrected chi connectivity index (χ3v) is 3.84. The van der Waals surface area contributed by atoms with Gasteiger partial charge in [-0.25, -0.2) is 4.98 Å². The van der Waals surface area contributed by atoms with Gasteiger partial charge in [-0.3, -0.25) is 9.36 Å². The van der Waals surface area contributed by atoms with Crippen molar-refractivity contribution in [3.63, 3.8) is 0 Å². The van der Waals surface area contributed by atoms with Gasteiger partial charge < -0.3 is 0 Å². The molecule has 2 aromatic carbocycles. The van der Waals surface area contributed by atoms with Crippen LogP contribution in [0.5, 0.6) is 0 Å². The van der Waals surface area contributed by atoms with E-state index in [1.807, 2.05) is 56.3 Å². The van der Waals surface area contributed by atoms with Gasteiger partial charge >= 0.3 is 0 Å². The Morgan fingerprint density at radius 2 is 1.81 bits per heavy atom. The fourth-order valence-electron chi connectivity index (χ4n) is 2.40. The molecule has 0 amide bonds. The van der Waals surface area contributed by atoms with Crippen molar-refractivity contribution >= 4 is 39.2 Å². The highest BCUT2D eigenvalue weighted by atomic mass is 79.9. The summed E-state index contributed by atoms with van der Waals surface area (Å²) in [5.74, 6) is 0.694. The quantitative estimate of drug-likeness (QED) is 0.648. The zero-order valence-electron chi connectivity index (χ0n) is 11.6. The summed E-state index contributed by atoms with van der Waals surface area (Å²) in [5.41, 5.74) is 2.61. The molecule has 3 nitrogen and oxygen atoms in total. The van der Waals surface area contributed by atoms with Gasteiger partial charge in [-0.05, 0) is 49.7 Å². The predicted molar refractivity (Wildman–Crippen MR) is 91.8 cm³/mol. The molecule has 0 aliphatic rings. The van der Waals surface area contributed by atoms with E-state index in [-0.39, 0.29) is 18.0 Å². The van der Waals surface area contributed by atoms with E-state index in [4.69, 9.17) is 0 Å². The van der Waals surface area contributed by atoms with Gasteiger partial charge in [0.2, 0.25) is 0 Å². The smallest absolute Gasteiger partial charge is 0.265 e. The Morgan fingerprint density at radius 3 is 2.52 bits per heavy atom. The van der Waals surface area contributed by atoms with Crippen molar-refractivity contribution in [1.82, 2.24) is 9.55 Å². The molecule has 21 heavy (non-hydrogen) atoms. The first-order chi connectivity index (χ1) is 9.58. The Balaban J connectivity index is 0.00000161. The van der Waals surface area contributed by atoms with E-state index >= 15 is 0 Å². The van der Waals surface area contributed by atoms with Crippen molar-refractivity contribution in [2.45, 2.75) is 13.8 Å². The molecule has 0 saturated heterocycles. The van der Waals surface area contributed by atoms with Crippen LogP contribution in [-0.4, -0.2) is 9.55 Å². The summed E-state index contributed by atoms with van der Waals surface area (Å²) in [4.78, 5) is 17.2. The maximum atomic E-state index is 12.7. The second kappa shape index (κ2) is 6.00. The topological polar surface area (TPSA) is 34.9 Å². The Kier molecular flexibility index (Phi) is 4.49. The van der Waals surface area contributed by atoms with Gasteiger partial charge in [0.05, 0.1) is 16.6 Å². The maximum absolute atomic E-state index is 12.7. The van der Waals surface area contributed by atoms with Gasteiger partial charge in [0.15, 0.2) is 0 Å². The van der Waals surface area contributed by atoms with Crippen LogP contribution in [0.3, 0.4) is 0 Å².